The maximum atomic E-state index is 13.3. The van der Waals surface area contributed by atoms with E-state index in [9.17, 15) is 24.2 Å². The molecule has 7 nitrogen and oxygen atoms in total. The summed E-state index contributed by atoms with van der Waals surface area (Å²) >= 11 is 0. The normalized spacial score (nSPS) is 22.8. The predicted octanol–water partition coefficient (Wildman–Crippen LogP) is 3.36. The Morgan fingerprint density at radius 3 is 2.61 bits per heavy atom. The number of fused-ring (bicyclic) bond motifs is 1. The van der Waals surface area contributed by atoms with E-state index in [0.29, 0.717) is 56.9 Å². The number of carboxylic acids is 1. The Morgan fingerprint density at radius 2 is 1.94 bits per heavy atom. The second-order valence-electron chi connectivity index (χ2n) is 9.36. The van der Waals surface area contributed by atoms with E-state index in [-0.39, 0.29) is 30.2 Å². The summed E-state index contributed by atoms with van der Waals surface area (Å²) in [5.41, 5.74) is 3.41. The van der Waals surface area contributed by atoms with Gasteiger partial charge in [0.15, 0.2) is 0 Å². The monoisotopic (exact) mass is 457 g/mol. The van der Waals surface area contributed by atoms with Crippen molar-refractivity contribution in [3.8, 4) is 0 Å². The second kappa shape index (κ2) is 10.0. The Bertz CT molecular complexity index is 1000. The molecule has 1 aliphatic carbocycles. The van der Waals surface area contributed by atoms with Crippen LogP contribution >= 0.6 is 0 Å². The van der Waals surface area contributed by atoms with Crippen molar-refractivity contribution in [2.24, 2.45) is 17.8 Å². The molecule has 2 N–H and O–H groups in total. The van der Waals surface area contributed by atoms with Gasteiger partial charge in [0, 0.05) is 18.5 Å². The Morgan fingerprint density at radius 1 is 1.18 bits per heavy atom. The molecule has 178 valence electrons. The lowest BCUT2D eigenvalue weighted by molar-refractivity contribution is -0.145. The third kappa shape index (κ3) is 5.11. The third-order valence-electron chi connectivity index (χ3n) is 7.42. The summed E-state index contributed by atoms with van der Waals surface area (Å²) in [6.07, 6.45) is 4.07. The Balaban J connectivity index is 1.49. The fourth-order valence-electron chi connectivity index (χ4n) is 5.49. The van der Waals surface area contributed by atoms with Gasteiger partial charge in [-0.15, -0.1) is 0 Å². The summed E-state index contributed by atoms with van der Waals surface area (Å²) in [5.74, 6) is -0.887. The molecule has 4 rings (SSSR count). The first-order chi connectivity index (χ1) is 15.9. The molecule has 1 aromatic heterocycles. The van der Waals surface area contributed by atoms with Gasteiger partial charge in [0.05, 0.1) is 37.0 Å². The molecule has 2 heterocycles. The molecule has 1 fully saturated rings. The van der Waals surface area contributed by atoms with Gasteiger partial charge in [0.1, 0.15) is 5.82 Å². The number of hydrogen-bond donors (Lipinski definition) is 2. The van der Waals surface area contributed by atoms with Gasteiger partial charge < -0.3 is 15.1 Å². The van der Waals surface area contributed by atoms with Gasteiger partial charge in [-0.05, 0) is 55.2 Å². The minimum atomic E-state index is -0.758. The highest BCUT2D eigenvalue weighted by Gasteiger charge is 2.36. The van der Waals surface area contributed by atoms with Crippen molar-refractivity contribution in [3.63, 3.8) is 0 Å². The van der Waals surface area contributed by atoms with Crippen LogP contribution < -0.4 is 0 Å². The first kappa shape index (κ1) is 23.4. The number of carbonyl (C=O) groups excluding carboxylic acids is 1. The van der Waals surface area contributed by atoms with Gasteiger partial charge >= 0.3 is 5.97 Å². The Labute approximate surface area is 193 Å². The van der Waals surface area contributed by atoms with E-state index in [0.717, 1.165) is 29.7 Å². The van der Waals surface area contributed by atoms with Gasteiger partial charge in [-0.2, -0.15) is 5.10 Å². The molecule has 1 aliphatic heterocycles. The van der Waals surface area contributed by atoms with Crippen molar-refractivity contribution in [2.45, 2.75) is 65.1 Å². The van der Waals surface area contributed by atoms with E-state index in [1.165, 1.54) is 12.1 Å². The zero-order valence-corrected chi connectivity index (χ0v) is 19.0. The lowest BCUT2D eigenvalue weighted by Gasteiger charge is -2.36. The van der Waals surface area contributed by atoms with Crippen LogP contribution in [0.4, 0.5) is 4.39 Å². The molecule has 2 aromatic rings. The number of halogens is 1. The predicted molar refractivity (Wildman–Crippen MR) is 120 cm³/mol. The molecule has 33 heavy (non-hydrogen) atoms. The highest BCUT2D eigenvalue weighted by Crippen LogP contribution is 2.38. The van der Waals surface area contributed by atoms with Crippen molar-refractivity contribution >= 4 is 11.9 Å². The van der Waals surface area contributed by atoms with E-state index in [2.05, 4.69) is 12.0 Å². The number of carboxylic acid groups (broad SMARTS) is 1. The average Bonchev–Trinajstić information content (AvgIpc) is 3.17. The number of aliphatic hydroxyl groups excluding tert-OH is 1. The molecular formula is C25H32FN3O4. The summed E-state index contributed by atoms with van der Waals surface area (Å²) in [5, 5.41) is 23.8. The molecule has 3 atom stereocenters. The lowest BCUT2D eigenvalue weighted by atomic mass is 9.71. The van der Waals surface area contributed by atoms with Crippen molar-refractivity contribution in [2.75, 3.05) is 6.54 Å². The Hall–Kier alpha value is -2.74. The summed E-state index contributed by atoms with van der Waals surface area (Å²) in [6, 6.07) is 6.24. The largest absolute Gasteiger partial charge is 0.481 e. The zero-order chi connectivity index (χ0) is 23.5. The summed E-state index contributed by atoms with van der Waals surface area (Å²) in [6.45, 7) is 3.36. The SMILES string of the molecule is CCC1CCC(C(=O)O)CC1CC(=O)N1CCc2c(CO)nn(Cc3ccc(F)cc3)c2C1. The molecule has 1 saturated carbocycles. The number of hydrogen-bond acceptors (Lipinski definition) is 4. The van der Waals surface area contributed by atoms with Crippen LogP contribution in [0.5, 0.6) is 0 Å². The number of amides is 1. The van der Waals surface area contributed by atoms with E-state index in [1.54, 1.807) is 12.1 Å². The zero-order valence-electron chi connectivity index (χ0n) is 19.0. The molecular weight excluding hydrogens is 425 g/mol. The number of nitrogens with zero attached hydrogens (tertiary/aromatic N) is 3. The van der Waals surface area contributed by atoms with Gasteiger partial charge in [-0.1, -0.05) is 25.5 Å². The Kier molecular flexibility index (Phi) is 7.12. The molecule has 1 amide bonds. The fraction of sp³-hybridized carbons (Fsp3) is 0.560. The van der Waals surface area contributed by atoms with Gasteiger partial charge in [0.2, 0.25) is 5.91 Å². The average molecular weight is 458 g/mol. The quantitative estimate of drug-likeness (QED) is 0.665. The first-order valence-corrected chi connectivity index (χ1v) is 11.8. The number of aliphatic hydroxyl groups is 1. The molecule has 2 aliphatic rings. The van der Waals surface area contributed by atoms with Crippen LogP contribution in [-0.4, -0.2) is 43.3 Å². The molecule has 8 heteroatoms. The van der Waals surface area contributed by atoms with Crippen molar-refractivity contribution in [1.82, 2.24) is 14.7 Å². The molecule has 1 aromatic carbocycles. The van der Waals surface area contributed by atoms with Gasteiger partial charge in [-0.25, -0.2) is 4.39 Å². The van der Waals surface area contributed by atoms with Crippen LogP contribution in [0.25, 0.3) is 0 Å². The first-order valence-electron chi connectivity index (χ1n) is 11.8. The number of aliphatic carboxylic acids is 1. The van der Waals surface area contributed by atoms with E-state index in [1.807, 2.05) is 9.58 Å². The van der Waals surface area contributed by atoms with E-state index < -0.39 is 5.97 Å². The van der Waals surface area contributed by atoms with Crippen molar-refractivity contribution in [1.29, 1.82) is 0 Å². The molecule has 3 unspecified atom stereocenters. The highest BCUT2D eigenvalue weighted by atomic mass is 19.1. The van der Waals surface area contributed by atoms with Gasteiger partial charge in [-0.3, -0.25) is 14.3 Å². The second-order valence-corrected chi connectivity index (χ2v) is 9.36. The number of aromatic nitrogens is 2. The molecule has 0 spiro atoms. The standard InChI is InChI=1S/C25H32FN3O4/c1-2-17-5-6-18(25(32)33)11-19(17)12-24(31)28-10-9-21-22(15-30)27-29(23(21)14-28)13-16-3-7-20(26)8-4-16/h3-4,7-8,17-19,30H,2,5-6,9-15H2,1H3,(H,32,33). The summed E-state index contributed by atoms with van der Waals surface area (Å²) < 4.78 is 15.1. The highest BCUT2D eigenvalue weighted by molar-refractivity contribution is 5.77. The summed E-state index contributed by atoms with van der Waals surface area (Å²) in [7, 11) is 0. The van der Waals surface area contributed by atoms with Crippen LogP contribution in [0.3, 0.4) is 0 Å². The number of benzene rings is 1. The van der Waals surface area contributed by atoms with Crippen molar-refractivity contribution < 1.29 is 24.2 Å². The van der Waals surface area contributed by atoms with E-state index in [4.69, 9.17) is 0 Å². The van der Waals surface area contributed by atoms with E-state index >= 15 is 0 Å². The topological polar surface area (TPSA) is 95.7 Å². The molecule has 0 radical (unpaired) electrons. The van der Waals surface area contributed by atoms with Gasteiger partial charge in [0.25, 0.3) is 0 Å². The molecule has 0 saturated heterocycles. The lowest BCUT2D eigenvalue weighted by Crippen LogP contribution is -2.39. The van der Waals surface area contributed by atoms with Crippen molar-refractivity contribution in [3.05, 3.63) is 52.6 Å². The van der Waals surface area contributed by atoms with Crippen LogP contribution in [0.1, 0.15) is 61.5 Å². The fourth-order valence-corrected chi connectivity index (χ4v) is 5.49. The third-order valence-corrected chi connectivity index (χ3v) is 7.42. The number of rotatable bonds is 7. The number of carbonyl (C=O) groups is 2. The molecule has 0 bridgehead atoms. The maximum absolute atomic E-state index is 13.3. The summed E-state index contributed by atoms with van der Waals surface area (Å²) in [4.78, 5) is 26.6. The van der Waals surface area contributed by atoms with Crippen LogP contribution in [0.15, 0.2) is 24.3 Å². The minimum absolute atomic E-state index is 0.0511. The smallest absolute Gasteiger partial charge is 0.306 e. The van der Waals surface area contributed by atoms with Crippen LogP contribution in [-0.2, 0) is 35.7 Å². The van der Waals surface area contributed by atoms with Crippen LogP contribution in [0, 0.1) is 23.6 Å². The maximum Gasteiger partial charge on any atom is 0.306 e. The minimum Gasteiger partial charge on any atom is -0.481 e. The van der Waals surface area contributed by atoms with Crippen LogP contribution in [0.2, 0.25) is 0 Å².